The van der Waals surface area contributed by atoms with Gasteiger partial charge in [0.1, 0.15) is 0 Å². The van der Waals surface area contributed by atoms with E-state index >= 15 is 0 Å². The highest BCUT2D eigenvalue weighted by molar-refractivity contribution is 7.14. The first-order chi connectivity index (χ1) is 6.09. The summed E-state index contributed by atoms with van der Waals surface area (Å²) < 4.78 is 0.846. The third kappa shape index (κ3) is 3.51. The van der Waals surface area contributed by atoms with Gasteiger partial charge in [-0.3, -0.25) is 0 Å². The summed E-state index contributed by atoms with van der Waals surface area (Å²) in [5, 5.41) is 5.44. The number of rotatable bonds is 4. The Bertz CT molecular complexity index is 293. The molecule has 3 heteroatoms. The predicted molar refractivity (Wildman–Crippen MR) is 60.6 cm³/mol. The SMILES string of the molecule is C=C(C)CNC(C)c1csc(Cl)c1. The van der Waals surface area contributed by atoms with Gasteiger partial charge in [-0.1, -0.05) is 23.8 Å². The van der Waals surface area contributed by atoms with E-state index in [2.05, 4.69) is 24.2 Å². The van der Waals surface area contributed by atoms with Crippen LogP contribution in [-0.4, -0.2) is 6.54 Å². The van der Waals surface area contributed by atoms with Gasteiger partial charge in [-0.25, -0.2) is 0 Å². The van der Waals surface area contributed by atoms with E-state index in [9.17, 15) is 0 Å². The molecule has 1 aromatic heterocycles. The summed E-state index contributed by atoms with van der Waals surface area (Å²) in [5.41, 5.74) is 2.39. The van der Waals surface area contributed by atoms with Crippen molar-refractivity contribution in [3.63, 3.8) is 0 Å². The molecular formula is C10H14ClNS. The van der Waals surface area contributed by atoms with Crippen LogP contribution in [0.2, 0.25) is 4.34 Å². The maximum absolute atomic E-state index is 5.84. The number of hydrogen-bond donors (Lipinski definition) is 1. The summed E-state index contributed by atoms with van der Waals surface area (Å²) in [6.07, 6.45) is 0. The molecule has 0 saturated carbocycles. The van der Waals surface area contributed by atoms with Crippen LogP contribution < -0.4 is 5.32 Å². The lowest BCUT2D eigenvalue weighted by Gasteiger charge is -2.11. The van der Waals surface area contributed by atoms with Gasteiger partial charge in [0.15, 0.2) is 0 Å². The third-order valence-corrected chi connectivity index (χ3v) is 2.91. The summed E-state index contributed by atoms with van der Waals surface area (Å²) >= 11 is 7.41. The predicted octanol–water partition coefficient (Wildman–Crippen LogP) is 3.63. The fourth-order valence-electron chi connectivity index (χ4n) is 0.996. The van der Waals surface area contributed by atoms with Crippen LogP contribution in [0.1, 0.15) is 25.5 Å². The second kappa shape index (κ2) is 4.80. The lowest BCUT2D eigenvalue weighted by Crippen LogP contribution is -2.19. The van der Waals surface area contributed by atoms with Crippen LogP contribution >= 0.6 is 22.9 Å². The maximum atomic E-state index is 5.84. The highest BCUT2D eigenvalue weighted by atomic mass is 35.5. The van der Waals surface area contributed by atoms with E-state index in [4.69, 9.17) is 11.6 Å². The Kier molecular flexibility index (Phi) is 3.97. The summed E-state index contributed by atoms with van der Waals surface area (Å²) in [5.74, 6) is 0. The molecule has 0 fully saturated rings. The molecule has 0 radical (unpaired) electrons. The molecule has 0 aliphatic heterocycles. The molecule has 13 heavy (non-hydrogen) atoms. The minimum Gasteiger partial charge on any atom is -0.306 e. The van der Waals surface area contributed by atoms with Crippen molar-refractivity contribution >= 4 is 22.9 Å². The molecule has 0 aromatic carbocycles. The van der Waals surface area contributed by atoms with Gasteiger partial charge < -0.3 is 5.32 Å². The molecule has 1 atom stereocenters. The van der Waals surface area contributed by atoms with Crippen LogP contribution in [0.15, 0.2) is 23.6 Å². The summed E-state index contributed by atoms with van der Waals surface area (Å²) in [6, 6.07) is 2.35. The zero-order valence-corrected chi connectivity index (χ0v) is 9.50. The Balaban J connectivity index is 2.48. The monoisotopic (exact) mass is 215 g/mol. The van der Waals surface area contributed by atoms with Crippen molar-refractivity contribution in [1.29, 1.82) is 0 Å². The summed E-state index contributed by atoms with van der Waals surface area (Å²) in [4.78, 5) is 0. The zero-order chi connectivity index (χ0) is 9.84. The van der Waals surface area contributed by atoms with Crippen molar-refractivity contribution in [3.8, 4) is 0 Å². The Hall–Kier alpha value is -0.310. The van der Waals surface area contributed by atoms with Crippen LogP contribution in [0.3, 0.4) is 0 Å². The molecule has 0 amide bonds. The molecule has 0 spiro atoms. The average Bonchev–Trinajstić information content (AvgIpc) is 2.47. The molecule has 1 rings (SSSR count). The first-order valence-electron chi connectivity index (χ1n) is 4.21. The van der Waals surface area contributed by atoms with Crippen LogP contribution in [0.4, 0.5) is 0 Å². The van der Waals surface area contributed by atoms with Crippen molar-refractivity contribution in [1.82, 2.24) is 5.32 Å². The van der Waals surface area contributed by atoms with Gasteiger partial charge in [0.25, 0.3) is 0 Å². The number of hydrogen-bond acceptors (Lipinski definition) is 2. The van der Waals surface area contributed by atoms with Gasteiger partial charge in [-0.05, 0) is 30.9 Å². The topological polar surface area (TPSA) is 12.0 Å². The highest BCUT2D eigenvalue weighted by Gasteiger charge is 2.05. The van der Waals surface area contributed by atoms with Crippen molar-refractivity contribution in [2.45, 2.75) is 19.9 Å². The zero-order valence-electron chi connectivity index (χ0n) is 7.93. The molecule has 0 aliphatic rings. The Labute approximate surface area is 88.4 Å². The lowest BCUT2D eigenvalue weighted by atomic mass is 10.2. The average molecular weight is 216 g/mol. The largest absolute Gasteiger partial charge is 0.306 e. The maximum Gasteiger partial charge on any atom is 0.0931 e. The second-order valence-corrected chi connectivity index (χ2v) is 4.79. The minimum absolute atomic E-state index is 0.348. The van der Waals surface area contributed by atoms with E-state index < -0.39 is 0 Å². The fraction of sp³-hybridized carbons (Fsp3) is 0.400. The minimum atomic E-state index is 0.348. The molecule has 0 saturated heterocycles. The second-order valence-electron chi connectivity index (χ2n) is 3.24. The lowest BCUT2D eigenvalue weighted by molar-refractivity contribution is 0.609. The van der Waals surface area contributed by atoms with Gasteiger partial charge in [0, 0.05) is 12.6 Å². The summed E-state index contributed by atoms with van der Waals surface area (Å²) in [6.45, 7) is 8.84. The van der Waals surface area contributed by atoms with Crippen LogP contribution in [-0.2, 0) is 0 Å². The molecule has 0 bridgehead atoms. The number of halogens is 1. The van der Waals surface area contributed by atoms with Gasteiger partial charge in [0.05, 0.1) is 4.34 Å². The summed E-state index contributed by atoms with van der Waals surface area (Å²) in [7, 11) is 0. The Morgan fingerprint density at radius 1 is 1.77 bits per heavy atom. The molecule has 1 N–H and O–H groups in total. The standard InChI is InChI=1S/C10H14ClNS/c1-7(2)5-12-8(3)9-4-10(11)13-6-9/h4,6,8,12H,1,5H2,2-3H3. The molecular weight excluding hydrogens is 202 g/mol. The van der Waals surface area contributed by atoms with E-state index in [0.29, 0.717) is 6.04 Å². The van der Waals surface area contributed by atoms with E-state index in [1.807, 2.05) is 13.0 Å². The van der Waals surface area contributed by atoms with Crippen molar-refractivity contribution in [3.05, 3.63) is 33.5 Å². The fourth-order valence-corrected chi connectivity index (χ4v) is 1.98. The quantitative estimate of drug-likeness (QED) is 0.757. The van der Waals surface area contributed by atoms with Crippen molar-refractivity contribution < 1.29 is 0 Å². The van der Waals surface area contributed by atoms with Gasteiger partial charge in [0.2, 0.25) is 0 Å². The normalized spacial score (nSPS) is 12.8. The van der Waals surface area contributed by atoms with Gasteiger partial charge >= 0.3 is 0 Å². The Morgan fingerprint density at radius 2 is 2.46 bits per heavy atom. The van der Waals surface area contributed by atoms with Gasteiger partial charge in [-0.2, -0.15) is 0 Å². The van der Waals surface area contributed by atoms with Crippen molar-refractivity contribution in [2.75, 3.05) is 6.54 Å². The van der Waals surface area contributed by atoms with Crippen LogP contribution in [0.5, 0.6) is 0 Å². The molecule has 1 heterocycles. The van der Waals surface area contributed by atoms with E-state index in [0.717, 1.165) is 16.5 Å². The molecule has 0 aliphatic carbocycles. The van der Waals surface area contributed by atoms with E-state index in [1.54, 1.807) is 11.3 Å². The van der Waals surface area contributed by atoms with Gasteiger partial charge in [-0.15, -0.1) is 11.3 Å². The first kappa shape index (κ1) is 10.8. The molecule has 72 valence electrons. The molecule has 1 nitrogen and oxygen atoms in total. The smallest absolute Gasteiger partial charge is 0.0931 e. The van der Waals surface area contributed by atoms with Crippen molar-refractivity contribution in [2.24, 2.45) is 0 Å². The highest BCUT2D eigenvalue weighted by Crippen LogP contribution is 2.24. The third-order valence-electron chi connectivity index (χ3n) is 1.80. The van der Waals surface area contributed by atoms with Crippen LogP contribution in [0, 0.1) is 0 Å². The van der Waals surface area contributed by atoms with Crippen LogP contribution in [0.25, 0.3) is 0 Å². The molecule has 1 unspecified atom stereocenters. The molecule has 1 aromatic rings. The Morgan fingerprint density at radius 3 is 2.92 bits per heavy atom. The van der Waals surface area contributed by atoms with E-state index in [1.165, 1.54) is 5.56 Å². The first-order valence-corrected chi connectivity index (χ1v) is 5.47. The number of nitrogens with one attached hydrogen (secondary N) is 1. The number of thiophene rings is 1. The van der Waals surface area contributed by atoms with E-state index in [-0.39, 0.29) is 0 Å².